The van der Waals surface area contributed by atoms with Crippen molar-refractivity contribution in [2.45, 2.75) is 19.0 Å². The van der Waals surface area contributed by atoms with Crippen molar-refractivity contribution in [3.05, 3.63) is 51.4 Å². The summed E-state index contributed by atoms with van der Waals surface area (Å²) in [6, 6.07) is 8.98. The van der Waals surface area contributed by atoms with E-state index in [2.05, 4.69) is 9.80 Å². The first-order valence-electron chi connectivity index (χ1n) is 8.84. The van der Waals surface area contributed by atoms with Crippen molar-refractivity contribution in [3.8, 4) is 0 Å². The van der Waals surface area contributed by atoms with Crippen LogP contribution >= 0.6 is 22.9 Å². The van der Waals surface area contributed by atoms with Crippen molar-refractivity contribution < 1.29 is 14.0 Å². The summed E-state index contributed by atoms with van der Waals surface area (Å²) in [5.74, 6) is -0.838. The van der Waals surface area contributed by atoms with Crippen LogP contribution < -0.4 is 4.90 Å². The van der Waals surface area contributed by atoms with Gasteiger partial charge in [-0.3, -0.25) is 19.4 Å². The van der Waals surface area contributed by atoms with Crippen LogP contribution in [0.1, 0.15) is 11.3 Å². The maximum Gasteiger partial charge on any atom is 0.251 e. The summed E-state index contributed by atoms with van der Waals surface area (Å²) in [6.07, 6.45) is 0.177. The zero-order chi connectivity index (χ0) is 19.0. The smallest absolute Gasteiger partial charge is 0.251 e. The van der Waals surface area contributed by atoms with Gasteiger partial charge in [-0.1, -0.05) is 11.6 Å². The maximum atomic E-state index is 13.1. The van der Waals surface area contributed by atoms with Crippen molar-refractivity contribution in [2.75, 3.05) is 31.1 Å². The first-order chi connectivity index (χ1) is 13.0. The van der Waals surface area contributed by atoms with Crippen molar-refractivity contribution in [2.24, 2.45) is 0 Å². The Morgan fingerprint density at radius 3 is 2.37 bits per heavy atom. The molecule has 3 heterocycles. The molecule has 1 atom stereocenters. The van der Waals surface area contributed by atoms with Crippen LogP contribution in [-0.2, 0) is 16.1 Å². The minimum atomic E-state index is -0.430. The third-order valence-electron chi connectivity index (χ3n) is 5.06. The van der Waals surface area contributed by atoms with Crippen molar-refractivity contribution >= 4 is 40.4 Å². The monoisotopic (exact) mass is 407 g/mol. The Labute approximate surface area is 165 Å². The van der Waals surface area contributed by atoms with Gasteiger partial charge in [0.05, 0.1) is 22.5 Å². The predicted molar refractivity (Wildman–Crippen MR) is 103 cm³/mol. The number of amides is 2. The lowest BCUT2D eigenvalue weighted by Crippen LogP contribution is -2.52. The summed E-state index contributed by atoms with van der Waals surface area (Å²) >= 11 is 7.57. The molecule has 0 N–H and O–H groups in total. The fraction of sp³-hybridized carbons (Fsp3) is 0.368. The molecule has 0 bridgehead atoms. The molecule has 2 aliphatic rings. The molecular weight excluding hydrogens is 389 g/mol. The Balaban J connectivity index is 1.38. The normalized spacial score (nSPS) is 22.0. The number of imide groups is 1. The second-order valence-electron chi connectivity index (χ2n) is 6.78. The van der Waals surface area contributed by atoms with Crippen molar-refractivity contribution in [1.82, 2.24) is 9.80 Å². The van der Waals surface area contributed by atoms with Gasteiger partial charge < -0.3 is 0 Å². The van der Waals surface area contributed by atoms with Crippen LogP contribution in [0.2, 0.25) is 4.34 Å². The lowest BCUT2D eigenvalue weighted by molar-refractivity contribution is -0.123. The molecule has 2 amide bonds. The molecule has 2 saturated heterocycles. The topological polar surface area (TPSA) is 43.9 Å². The number of carbonyl (C=O) groups excluding carboxylic acids is 2. The number of thiophene rings is 1. The van der Waals surface area contributed by atoms with E-state index in [-0.39, 0.29) is 18.2 Å². The van der Waals surface area contributed by atoms with Crippen LogP contribution in [0.3, 0.4) is 0 Å². The zero-order valence-electron chi connectivity index (χ0n) is 14.6. The molecular formula is C19H19ClFN3O2S. The van der Waals surface area contributed by atoms with Crippen LogP contribution in [0.15, 0.2) is 36.4 Å². The fourth-order valence-electron chi connectivity index (χ4n) is 3.65. The molecule has 2 aromatic rings. The number of piperazine rings is 1. The predicted octanol–water partition coefficient (Wildman–Crippen LogP) is 2.99. The zero-order valence-corrected chi connectivity index (χ0v) is 16.2. The molecule has 0 aliphatic carbocycles. The van der Waals surface area contributed by atoms with E-state index >= 15 is 0 Å². The van der Waals surface area contributed by atoms with Gasteiger partial charge in [0.15, 0.2) is 0 Å². The highest BCUT2D eigenvalue weighted by Gasteiger charge is 2.43. The van der Waals surface area contributed by atoms with E-state index in [4.69, 9.17) is 11.6 Å². The van der Waals surface area contributed by atoms with Gasteiger partial charge in [-0.25, -0.2) is 9.29 Å². The van der Waals surface area contributed by atoms with Gasteiger partial charge in [-0.05, 0) is 36.4 Å². The third-order valence-corrected chi connectivity index (χ3v) is 6.28. The molecule has 8 heteroatoms. The molecule has 0 radical (unpaired) electrons. The highest BCUT2D eigenvalue weighted by molar-refractivity contribution is 7.16. The summed E-state index contributed by atoms with van der Waals surface area (Å²) in [6.45, 7) is 4.00. The lowest BCUT2D eigenvalue weighted by atomic mass is 10.1. The average molecular weight is 408 g/mol. The largest absolute Gasteiger partial charge is 0.296 e. The van der Waals surface area contributed by atoms with Gasteiger partial charge in [-0.15, -0.1) is 11.3 Å². The van der Waals surface area contributed by atoms with Gasteiger partial charge in [0.2, 0.25) is 5.91 Å². The summed E-state index contributed by atoms with van der Waals surface area (Å²) in [7, 11) is 0. The fourth-order valence-corrected chi connectivity index (χ4v) is 4.78. The van der Waals surface area contributed by atoms with Crippen molar-refractivity contribution in [1.29, 1.82) is 0 Å². The second kappa shape index (κ2) is 7.67. The first kappa shape index (κ1) is 18.6. The molecule has 2 fully saturated rings. The number of halogens is 2. The van der Waals surface area contributed by atoms with E-state index in [1.807, 2.05) is 12.1 Å². The Hall–Kier alpha value is -1.80. The Morgan fingerprint density at radius 2 is 1.74 bits per heavy atom. The van der Waals surface area contributed by atoms with E-state index < -0.39 is 11.9 Å². The molecule has 0 spiro atoms. The third kappa shape index (κ3) is 3.91. The highest BCUT2D eigenvalue weighted by Crippen LogP contribution is 2.27. The molecule has 1 aromatic carbocycles. The molecule has 142 valence electrons. The number of benzene rings is 1. The summed E-state index contributed by atoms with van der Waals surface area (Å²) in [5.41, 5.74) is 0.433. The van der Waals surface area contributed by atoms with Crippen LogP contribution in [0.25, 0.3) is 0 Å². The molecule has 0 saturated carbocycles. The number of anilines is 1. The minimum Gasteiger partial charge on any atom is -0.296 e. The summed E-state index contributed by atoms with van der Waals surface area (Å²) in [5, 5.41) is 0. The SMILES string of the molecule is O=C1C[C@@H](N2CCN(Cc3ccc(Cl)s3)CC2)C(=O)N1c1ccc(F)cc1. The van der Waals surface area contributed by atoms with Crippen molar-refractivity contribution in [3.63, 3.8) is 0 Å². The van der Waals surface area contributed by atoms with Gasteiger partial charge >= 0.3 is 0 Å². The molecule has 4 rings (SSSR count). The van der Waals surface area contributed by atoms with Crippen LogP contribution in [0.5, 0.6) is 0 Å². The Morgan fingerprint density at radius 1 is 1.04 bits per heavy atom. The molecule has 27 heavy (non-hydrogen) atoms. The van der Waals surface area contributed by atoms with E-state index in [0.29, 0.717) is 5.69 Å². The molecule has 0 unspecified atom stereocenters. The van der Waals surface area contributed by atoms with Gasteiger partial charge in [-0.2, -0.15) is 0 Å². The Bertz CT molecular complexity index is 849. The van der Waals surface area contributed by atoms with E-state index in [9.17, 15) is 14.0 Å². The standard InChI is InChI=1S/C19H19ClFN3O2S/c20-17-6-5-15(27-17)12-22-7-9-23(10-8-22)16-11-18(25)24(19(16)26)14-3-1-13(21)2-4-14/h1-6,16H,7-12H2/t16-/m1/s1. The minimum absolute atomic E-state index is 0.177. The van der Waals surface area contributed by atoms with Crippen LogP contribution in [0, 0.1) is 5.82 Å². The number of hydrogen-bond donors (Lipinski definition) is 0. The van der Waals surface area contributed by atoms with E-state index in [0.717, 1.165) is 37.1 Å². The number of rotatable bonds is 4. The van der Waals surface area contributed by atoms with E-state index in [1.165, 1.54) is 34.0 Å². The van der Waals surface area contributed by atoms with Gasteiger partial charge in [0.1, 0.15) is 5.82 Å². The molecule has 2 aliphatic heterocycles. The molecule has 1 aromatic heterocycles. The lowest BCUT2D eigenvalue weighted by Gasteiger charge is -2.36. The molecule has 5 nitrogen and oxygen atoms in total. The van der Waals surface area contributed by atoms with Crippen LogP contribution in [0.4, 0.5) is 10.1 Å². The number of carbonyl (C=O) groups is 2. The van der Waals surface area contributed by atoms with Crippen LogP contribution in [-0.4, -0.2) is 53.8 Å². The first-order valence-corrected chi connectivity index (χ1v) is 10.0. The summed E-state index contributed by atoms with van der Waals surface area (Å²) < 4.78 is 13.9. The van der Waals surface area contributed by atoms with Gasteiger partial charge in [0.25, 0.3) is 5.91 Å². The van der Waals surface area contributed by atoms with E-state index in [1.54, 1.807) is 11.3 Å². The summed E-state index contributed by atoms with van der Waals surface area (Å²) in [4.78, 5) is 32.0. The van der Waals surface area contributed by atoms with Gasteiger partial charge in [0, 0.05) is 37.6 Å². The maximum absolute atomic E-state index is 13.1. The average Bonchev–Trinajstić information content (AvgIpc) is 3.19. The second-order valence-corrected chi connectivity index (χ2v) is 8.58. The number of hydrogen-bond acceptors (Lipinski definition) is 5. The highest BCUT2D eigenvalue weighted by atomic mass is 35.5. The quantitative estimate of drug-likeness (QED) is 0.731. The Kier molecular flexibility index (Phi) is 5.27. The number of nitrogens with zero attached hydrogens (tertiary/aromatic N) is 3.